The second-order valence-corrected chi connectivity index (χ2v) is 4.88. The van der Waals surface area contributed by atoms with E-state index in [1.54, 1.807) is 7.11 Å². The zero-order chi connectivity index (χ0) is 12.2. The Morgan fingerprint density at radius 3 is 2.44 bits per heavy atom. The number of carbonyl (C=O) groups is 1. The molecule has 0 aromatic rings. The molecule has 94 valence electrons. The summed E-state index contributed by atoms with van der Waals surface area (Å²) in [7, 11) is 1.74. The largest absolute Gasteiger partial charge is 0.381 e. The van der Waals surface area contributed by atoms with Gasteiger partial charge in [-0.3, -0.25) is 4.79 Å². The van der Waals surface area contributed by atoms with Crippen molar-refractivity contribution in [1.29, 1.82) is 0 Å². The maximum absolute atomic E-state index is 12.2. The molecule has 0 bridgehead atoms. The zero-order valence-electron chi connectivity index (χ0n) is 10.9. The molecule has 0 aliphatic carbocycles. The monoisotopic (exact) mass is 228 g/mol. The van der Waals surface area contributed by atoms with Crippen LogP contribution in [0.25, 0.3) is 0 Å². The van der Waals surface area contributed by atoms with Gasteiger partial charge in [0.05, 0.1) is 11.6 Å². The van der Waals surface area contributed by atoms with Crippen LogP contribution in [0.15, 0.2) is 0 Å². The van der Waals surface area contributed by atoms with E-state index in [4.69, 9.17) is 4.74 Å². The fourth-order valence-electron chi connectivity index (χ4n) is 2.21. The Balaban J connectivity index is 2.50. The van der Waals surface area contributed by atoms with Gasteiger partial charge in [0, 0.05) is 20.2 Å². The highest BCUT2D eigenvalue weighted by molar-refractivity contribution is 5.85. The standard InChI is InChI=1S/C12H24N2O2/c1-5-13-12(2,3)11(15)14-8-6-10(16-4)7-9-14/h10,13H,5-9H2,1-4H3. The van der Waals surface area contributed by atoms with Crippen molar-refractivity contribution in [3.8, 4) is 0 Å². The van der Waals surface area contributed by atoms with Crippen LogP contribution in [0.5, 0.6) is 0 Å². The van der Waals surface area contributed by atoms with Crippen molar-refractivity contribution in [2.24, 2.45) is 0 Å². The van der Waals surface area contributed by atoms with Crippen LogP contribution >= 0.6 is 0 Å². The molecule has 0 radical (unpaired) electrons. The lowest BCUT2D eigenvalue weighted by molar-refractivity contribution is -0.139. The van der Waals surface area contributed by atoms with Gasteiger partial charge in [-0.05, 0) is 33.2 Å². The molecule has 1 aliphatic heterocycles. The molecule has 1 amide bonds. The van der Waals surface area contributed by atoms with Gasteiger partial charge in [-0.1, -0.05) is 6.92 Å². The average Bonchev–Trinajstić information content (AvgIpc) is 2.28. The highest BCUT2D eigenvalue weighted by atomic mass is 16.5. The molecule has 1 heterocycles. The Kier molecular flexibility index (Phi) is 4.74. The Labute approximate surface area is 98.3 Å². The van der Waals surface area contributed by atoms with Gasteiger partial charge in [0.25, 0.3) is 0 Å². The third kappa shape index (κ3) is 3.19. The maximum atomic E-state index is 12.2. The van der Waals surface area contributed by atoms with E-state index in [0.29, 0.717) is 6.10 Å². The van der Waals surface area contributed by atoms with Crippen LogP contribution in [0.4, 0.5) is 0 Å². The van der Waals surface area contributed by atoms with Crippen LogP contribution in [-0.2, 0) is 9.53 Å². The van der Waals surface area contributed by atoms with Crippen molar-refractivity contribution >= 4 is 5.91 Å². The van der Waals surface area contributed by atoms with Crippen LogP contribution in [0, 0.1) is 0 Å². The minimum atomic E-state index is -0.450. The smallest absolute Gasteiger partial charge is 0.242 e. The number of likely N-dealkylation sites (tertiary alicyclic amines) is 1. The van der Waals surface area contributed by atoms with Gasteiger partial charge in [0.15, 0.2) is 0 Å². The summed E-state index contributed by atoms with van der Waals surface area (Å²) < 4.78 is 5.30. The summed E-state index contributed by atoms with van der Waals surface area (Å²) in [5, 5.41) is 3.22. The lowest BCUT2D eigenvalue weighted by atomic mass is 10.00. The molecule has 0 aromatic heterocycles. The van der Waals surface area contributed by atoms with Gasteiger partial charge in [-0.2, -0.15) is 0 Å². The molecule has 0 spiro atoms. The molecule has 0 atom stereocenters. The number of amides is 1. The predicted octanol–water partition coefficient (Wildman–Crippen LogP) is 1.01. The van der Waals surface area contributed by atoms with E-state index >= 15 is 0 Å². The van der Waals surface area contributed by atoms with Crippen LogP contribution in [0.3, 0.4) is 0 Å². The van der Waals surface area contributed by atoms with Crippen molar-refractivity contribution in [2.75, 3.05) is 26.7 Å². The lowest BCUT2D eigenvalue weighted by Crippen LogP contribution is -2.56. The predicted molar refractivity (Wildman–Crippen MR) is 64.4 cm³/mol. The Morgan fingerprint density at radius 2 is 2.00 bits per heavy atom. The summed E-state index contributed by atoms with van der Waals surface area (Å²) in [6, 6.07) is 0. The van der Waals surface area contributed by atoms with Crippen molar-refractivity contribution in [3.05, 3.63) is 0 Å². The van der Waals surface area contributed by atoms with Crippen LogP contribution in [0.2, 0.25) is 0 Å². The molecule has 0 aromatic carbocycles. The van der Waals surface area contributed by atoms with E-state index in [1.807, 2.05) is 25.7 Å². The molecular formula is C12H24N2O2. The van der Waals surface area contributed by atoms with Crippen molar-refractivity contribution in [1.82, 2.24) is 10.2 Å². The molecule has 1 N–H and O–H groups in total. The third-order valence-electron chi connectivity index (χ3n) is 3.22. The Bertz CT molecular complexity index is 233. The number of rotatable bonds is 4. The van der Waals surface area contributed by atoms with E-state index in [-0.39, 0.29) is 5.91 Å². The normalized spacial score (nSPS) is 18.9. The third-order valence-corrected chi connectivity index (χ3v) is 3.22. The minimum absolute atomic E-state index is 0.198. The number of carbonyl (C=O) groups excluding carboxylic acids is 1. The molecule has 4 heteroatoms. The lowest BCUT2D eigenvalue weighted by Gasteiger charge is -2.36. The number of methoxy groups -OCH3 is 1. The van der Waals surface area contributed by atoms with Gasteiger partial charge >= 0.3 is 0 Å². The number of piperidine rings is 1. The molecule has 1 fully saturated rings. The van der Waals surface area contributed by atoms with E-state index in [9.17, 15) is 4.79 Å². The van der Waals surface area contributed by atoms with Gasteiger partial charge in [-0.15, -0.1) is 0 Å². The number of likely N-dealkylation sites (N-methyl/N-ethyl adjacent to an activating group) is 1. The van der Waals surface area contributed by atoms with Gasteiger partial charge in [0.2, 0.25) is 5.91 Å². The van der Waals surface area contributed by atoms with Gasteiger partial charge < -0.3 is 15.0 Å². The fraction of sp³-hybridized carbons (Fsp3) is 0.917. The van der Waals surface area contributed by atoms with Gasteiger partial charge in [-0.25, -0.2) is 0 Å². The molecule has 1 saturated heterocycles. The second kappa shape index (κ2) is 5.64. The first-order valence-corrected chi connectivity index (χ1v) is 6.08. The Hall–Kier alpha value is -0.610. The quantitative estimate of drug-likeness (QED) is 0.781. The number of nitrogens with zero attached hydrogens (tertiary/aromatic N) is 1. The van der Waals surface area contributed by atoms with Crippen LogP contribution in [-0.4, -0.2) is 49.2 Å². The molecule has 0 unspecified atom stereocenters. The molecule has 0 saturated carbocycles. The summed E-state index contributed by atoms with van der Waals surface area (Å²) in [5.41, 5.74) is -0.450. The molecular weight excluding hydrogens is 204 g/mol. The fourth-order valence-corrected chi connectivity index (χ4v) is 2.21. The molecule has 4 nitrogen and oxygen atoms in total. The van der Waals surface area contributed by atoms with Crippen LogP contribution < -0.4 is 5.32 Å². The molecule has 1 rings (SSSR count). The van der Waals surface area contributed by atoms with Crippen molar-refractivity contribution in [3.63, 3.8) is 0 Å². The topological polar surface area (TPSA) is 41.6 Å². The first kappa shape index (κ1) is 13.5. The number of hydrogen-bond donors (Lipinski definition) is 1. The van der Waals surface area contributed by atoms with E-state index < -0.39 is 5.54 Å². The number of nitrogens with one attached hydrogen (secondary N) is 1. The van der Waals surface area contributed by atoms with Gasteiger partial charge in [0.1, 0.15) is 0 Å². The summed E-state index contributed by atoms with van der Waals surface area (Å²) in [5.74, 6) is 0.198. The van der Waals surface area contributed by atoms with E-state index in [0.717, 1.165) is 32.5 Å². The SMILES string of the molecule is CCNC(C)(C)C(=O)N1CCC(OC)CC1. The highest BCUT2D eigenvalue weighted by Crippen LogP contribution is 2.16. The van der Waals surface area contributed by atoms with Crippen LogP contribution in [0.1, 0.15) is 33.6 Å². The summed E-state index contributed by atoms with van der Waals surface area (Å²) in [4.78, 5) is 14.2. The summed E-state index contributed by atoms with van der Waals surface area (Å²) in [6.07, 6.45) is 2.22. The molecule has 16 heavy (non-hydrogen) atoms. The van der Waals surface area contributed by atoms with E-state index in [2.05, 4.69) is 5.32 Å². The van der Waals surface area contributed by atoms with Crippen molar-refractivity contribution < 1.29 is 9.53 Å². The Morgan fingerprint density at radius 1 is 1.44 bits per heavy atom. The highest BCUT2D eigenvalue weighted by Gasteiger charge is 2.33. The van der Waals surface area contributed by atoms with Crippen molar-refractivity contribution in [2.45, 2.75) is 45.3 Å². The first-order chi connectivity index (χ1) is 7.51. The minimum Gasteiger partial charge on any atom is -0.381 e. The molecule has 1 aliphatic rings. The maximum Gasteiger partial charge on any atom is 0.242 e. The van der Waals surface area contributed by atoms with E-state index in [1.165, 1.54) is 0 Å². The second-order valence-electron chi connectivity index (χ2n) is 4.88. The number of hydrogen-bond acceptors (Lipinski definition) is 3. The number of ether oxygens (including phenoxy) is 1. The average molecular weight is 228 g/mol. The summed E-state index contributed by atoms with van der Waals surface area (Å²) in [6.45, 7) is 8.35. The summed E-state index contributed by atoms with van der Waals surface area (Å²) >= 11 is 0. The first-order valence-electron chi connectivity index (χ1n) is 6.08. The zero-order valence-corrected chi connectivity index (χ0v) is 10.9.